The van der Waals surface area contributed by atoms with Crippen LogP contribution < -0.4 is 5.32 Å². The third-order valence-electron chi connectivity index (χ3n) is 4.81. The number of pyridine rings is 1. The zero-order valence-electron chi connectivity index (χ0n) is 19.3. The van der Waals surface area contributed by atoms with Crippen LogP contribution in [-0.4, -0.2) is 43.3 Å². The summed E-state index contributed by atoms with van der Waals surface area (Å²) in [7, 11) is 1.85. The number of aryl methyl sites for hydroxylation is 1. The van der Waals surface area contributed by atoms with Crippen LogP contribution in [0.4, 0.5) is 10.5 Å². The molecule has 1 aromatic carbocycles. The Morgan fingerprint density at radius 2 is 1.88 bits per heavy atom. The molecule has 0 fully saturated rings. The van der Waals surface area contributed by atoms with Gasteiger partial charge >= 0.3 is 6.09 Å². The van der Waals surface area contributed by atoms with Crippen LogP contribution in [0.15, 0.2) is 61.2 Å². The number of anilines is 1. The van der Waals surface area contributed by atoms with Crippen molar-refractivity contribution in [2.75, 3.05) is 11.9 Å². The standard InChI is InChI=1S/C25H29N5O3/c1-25(2,3)17-30(24(32)33)15-18-5-8-21(9-6-18)28-23(31)10-7-19-13-26-12-11-22(19)20-14-27-29(4)16-20/h5-14,16H,15,17H2,1-4H3,(H,28,31)(H,32,33). The van der Waals surface area contributed by atoms with Gasteiger partial charge in [0.05, 0.1) is 6.20 Å². The molecule has 3 rings (SSSR count). The highest BCUT2D eigenvalue weighted by Crippen LogP contribution is 2.23. The summed E-state index contributed by atoms with van der Waals surface area (Å²) in [5, 5.41) is 16.5. The minimum atomic E-state index is -0.950. The van der Waals surface area contributed by atoms with Crippen molar-refractivity contribution >= 4 is 23.8 Å². The Morgan fingerprint density at radius 1 is 1.15 bits per heavy atom. The molecule has 2 aromatic heterocycles. The Balaban J connectivity index is 1.64. The van der Waals surface area contributed by atoms with E-state index in [1.54, 1.807) is 41.5 Å². The maximum Gasteiger partial charge on any atom is 0.407 e. The molecular formula is C25H29N5O3. The molecule has 8 nitrogen and oxygen atoms in total. The number of hydrogen-bond acceptors (Lipinski definition) is 4. The molecule has 0 spiro atoms. The van der Waals surface area contributed by atoms with Crippen LogP contribution in [0.5, 0.6) is 0 Å². The molecular weight excluding hydrogens is 418 g/mol. The van der Waals surface area contributed by atoms with Gasteiger partial charge in [0.1, 0.15) is 0 Å². The summed E-state index contributed by atoms with van der Waals surface area (Å²) in [5.41, 5.74) is 4.03. The summed E-state index contributed by atoms with van der Waals surface area (Å²) in [5.74, 6) is -0.274. The lowest BCUT2D eigenvalue weighted by molar-refractivity contribution is -0.111. The quantitative estimate of drug-likeness (QED) is 0.513. The van der Waals surface area contributed by atoms with Crippen molar-refractivity contribution in [1.82, 2.24) is 19.7 Å². The SMILES string of the molecule is Cn1cc(-c2ccncc2C=CC(=O)Nc2ccc(CN(CC(C)(C)C)C(=O)O)cc2)cn1. The number of rotatable bonds is 7. The first kappa shape index (κ1) is 23.7. The van der Waals surface area contributed by atoms with Gasteiger partial charge in [0.25, 0.3) is 0 Å². The van der Waals surface area contributed by atoms with E-state index in [1.807, 2.05) is 52.2 Å². The number of hydrogen-bond donors (Lipinski definition) is 2. The summed E-state index contributed by atoms with van der Waals surface area (Å²) < 4.78 is 1.72. The Labute approximate surface area is 193 Å². The molecule has 3 aromatic rings. The number of nitrogens with zero attached hydrogens (tertiary/aromatic N) is 4. The minimum absolute atomic E-state index is 0.135. The van der Waals surface area contributed by atoms with Crippen molar-refractivity contribution in [2.24, 2.45) is 12.5 Å². The van der Waals surface area contributed by atoms with E-state index in [4.69, 9.17) is 0 Å². The molecule has 172 valence electrons. The second kappa shape index (κ2) is 10.1. The van der Waals surface area contributed by atoms with Gasteiger partial charge in [-0.3, -0.25) is 14.5 Å². The lowest BCUT2D eigenvalue weighted by Gasteiger charge is -2.27. The first-order chi connectivity index (χ1) is 15.6. The van der Waals surface area contributed by atoms with Crippen LogP contribution in [0.2, 0.25) is 0 Å². The molecule has 0 saturated carbocycles. The van der Waals surface area contributed by atoms with Gasteiger partial charge in [0.15, 0.2) is 0 Å². The van der Waals surface area contributed by atoms with E-state index in [0.29, 0.717) is 18.8 Å². The van der Waals surface area contributed by atoms with E-state index in [-0.39, 0.29) is 11.3 Å². The van der Waals surface area contributed by atoms with Crippen molar-refractivity contribution in [3.63, 3.8) is 0 Å². The fourth-order valence-corrected chi connectivity index (χ4v) is 3.39. The monoisotopic (exact) mass is 447 g/mol. The molecule has 0 aliphatic heterocycles. The van der Waals surface area contributed by atoms with Crippen LogP contribution in [0.3, 0.4) is 0 Å². The fraction of sp³-hybridized carbons (Fsp3) is 0.280. The number of aromatic nitrogens is 3. The van der Waals surface area contributed by atoms with Crippen molar-refractivity contribution < 1.29 is 14.7 Å². The largest absolute Gasteiger partial charge is 0.465 e. The highest BCUT2D eigenvalue weighted by molar-refractivity contribution is 6.02. The molecule has 8 heteroatoms. The smallest absolute Gasteiger partial charge is 0.407 e. The molecule has 0 radical (unpaired) electrons. The van der Waals surface area contributed by atoms with Crippen molar-refractivity contribution in [2.45, 2.75) is 27.3 Å². The average Bonchev–Trinajstić information content (AvgIpc) is 3.18. The molecule has 0 unspecified atom stereocenters. The summed E-state index contributed by atoms with van der Waals surface area (Å²) in [6, 6.07) is 9.05. The molecule has 0 aliphatic rings. The van der Waals surface area contributed by atoms with Crippen LogP contribution >= 0.6 is 0 Å². The van der Waals surface area contributed by atoms with Gasteiger partial charge in [-0.25, -0.2) is 4.79 Å². The first-order valence-electron chi connectivity index (χ1n) is 10.6. The number of carbonyl (C=O) groups excluding carboxylic acids is 1. The predicted octanol–water partition coefficient (Wildman–Crippen LogP) is 4.66. The highest BCUT2D eigenvalue weighted by atomic mass is 16.4. The van der Waals surface area contributed by atoms with Gasteiger partial charge in [0, 0.05) is 61.6 Å². The molecule has 0 atom stereocenters. The molecule has 2 N–H and O–H groups in total. The summed E-state index contributed by atoms with van der Waals surface area (Å²) in [4.78, 5) is 29.5. The maximum atomic E-state index is 12.4. The number of benzene rings is 1. The third-order valence-corrected chi connectivity index (χ3v) is 4.81. The van der Waals surface area contributed by atoms with E-state index < -0.39 is 6.09 Å². The van der Waals surface area contributed by atoms with Crippen molar-refractivity contribution in [3.05, 3.63) is 72.3 Å². The van der Waals surface area contributed by atoms with Crippen LogP contribution in [-0.2, 0) is 18.4 Å². The minimum Gasteiger partial charge on any atom is -0.465 e. The van der Waals surface area contributed by atoms with Gasteiger partial charge < -0.3 is 15.3 Å². The molecule has 33 heavy (non-hydrogen) atoms. The Bertz CT molecular complexity index is 1140. The molecule has 2 heterocycles. The highest BCUT2D eigenvalue weighted by Gasteiger charge is 2.20. The van der Waals surface area contributed by atoms with E-state index in [2.05, 4.69) is 15.4 Å². The predicted molar refractivity (Wildman–Crippen MR) is 128 cm³/mol. The Morgan fingerprint density at radius 3 is 2.48 bits per heavy atom. The van der Waals surface area contributed by atoms with Gasteiger partial charge in [-0.05, 0) is 40.8 Å². The number of carboxylic acid groups (broad SMARTS) is 1. The molecule has 0 saturated heterocycles. The van der Waals surface area contributed by atoms with Crippen LogP contribution in [0, 0.1) is 5.41 Å². The number of nitrogens with one attached hydrogen (secondary N) is 1. The summed E-state index contributed by atoms with van der Waals surface area (Å²) in [6.07, 6.45) is 9.30. The zero-order chi connectivity index (χ0) is 24.0. The van der Waals surface area contributed by atoms with Crippen LogP contribution in [0.1, 0.15) is 31.9 Å². The van der Waals surface area contributed by atoms with E-state index in [1.165, 1.54) is 11.0 Å². The fourth-order valence-electron chi connectivity index (χ4n) is 3.39. The van der Waals surface area contributed by atoms with Gasteiger partial charge in [-0.15, -0.1) is 0 Å². The normalized spacial score (nSPS) is 11.5. The van der Waals surface area contributed by atoms with Crippen LogP contribution in [0.25, 0.3) is 17.2 Å². The van der Waals surface area contributed by atoms with E-state index >= 15 is 0 Å². The second-order valence-corrected chi connectivity index (χ2v) is 9.08. The second-order valence-electron chi connectivity index (χ2n) is 9.08. The van der Waals surface area contributed by atoms with Gasteiger partial charge in [-0.2, -0.15) is 5.10 Å². The van der Waals surface area contributed by atoms with E-state index in [9.17, 15) is 14.7 Å². The van der Waals surface area contributed by atoms with Crippen molar-refractivity contribution in [1.29, 1.82) is 0 Å². The summed E-state index contributed by atoms with van der Waals surface area (Å²) >= 11 is 0. The molecule has 0 aliphatic carbocycles. The summed E-state index contributed by atoms with van der Waals surface area (Å²) in [6.45, 7) is 6.72. The lowest BCUT2D eigenvalue weighted by atomic mass is 9.96. The van der Waals surface area contributed by atoms with Gasteiger partial charge in [0.2, 0.25) is 5.91 Å². The maximum absolute atomic E-state index is 12.4. The third kappa shape index (κ3) is 7.03. The molecule has 0 bridgehead atoms. The Kier molecular flexibility index (Phi) is 7.27. The number of amides is 2. The lowest BCUT2D eigenvalue weighted by Crippen LogP contribution is -2.36. The topological polar surface area (TPSA) is 100 Å². The van der Waals surface area contributed by atoms with Crippen molar-refractivity contribution in [3.8, 4) is 11.1 Å². The number of carbonyl (C=O) groups is 2. The average molecular weight is 448 g/mol. The van der Waals surface area contributed by atoms with Gasteiger partial charge in [-0.1, -0.05) is 32.9 Å². The van der Waals surface area contributed by atoms with E-state index in [0.717, 1.165) is 22.3 Å². The Hall–Kier alpha value is -3.94. The first-order valence-corrected chi connectivity index (χ1v) is 10.6. The molecule has 2 amide bonds. The zero-order valence-corrected chi connectivity index (χ0v) is 19.3.